The van der Waals surface area contributed by atoms with Gasteiger partial charge in [0.1, 0.15) is 5.82 Å². The van der Waals surface area contributed by atoms with Crippen LogP contribution in [0.3, 0.4) is 0 Å². The lowest BCUT2D eigenvalue weighted by molar-refractivity contribution is 0.219. The molecule has 1 rings (SSSR count). The van der Waals surface area contributed by atoms with E-state index in [1.165, 1.54) is 0 Å². The van der Waals surface area contributed by atoms with Crippen LogP contribution in [0.25, 0.3) is 0 Å². The third-order valence-electron chi connectivity index (χ3n) is 2.34. The molecule has 1 heterocycles. The fraction of sp³-hybridized carbons (Fsp3) is 0.615. The summed E-state index contributed by atoms with van der Waals surface area (Å²) in [4.78, 5) is 6.72. The molecule has 0 unspecified atom stereocenters. The van der Waals surface area contributed by atoms with Gasteiger partial charge in [-0.25, -0.2) is 4.98 Å². The van der Waals surface area contributed by atoms with Crippen LogP contribution >= 0.6 is 11.6 Å². The molecule has 1 aromatic heterocycles. The molecule has 0 aliphatic rings. The number of pyridine rings is 1. The van der Waals surface area contributed by atoms with Gasteiger partial charge in [-0.3, -0.25) is 4.90 Å². The highest BCUT2D eigenvalue weighted by Gasteiger charge is 2.15. The van der Waals surface area contributed by atoms with E-state index < -0.39 is 0 Å². The second-order valence-corrected chi connectivity index (χ2v) is 6.02. The Kier molecular flexibility index (Phi) is 4.78. The zero-order chi connectivity index (χ0) is 13.1. The molecule has 0 fully saturated rings. The molecule has 0 atom stereocenters. The molecule has 4 heteroatoms. The molecule has 1 aromatic rings. The minimum absolute atomic E-state index is 0.280. The van der Waals surface area contributed by atoms with Crippen LogP contribution in [0, 0.1) is 5.41 Å². The fourth-order valence-corrected chi connectivity index (χ4v) is 2.02. The summed E-state index contributed by atoms with van der Waals surface area (Å²) < 4.78 is 0. The molecule has 0 bridgehead atoms. The fourth-order valence-electron chi connectivity index (χ4n) is 1.86. The van der Waals surface area contributed by atoms with Gasteiger partial charge in [0.2, 0.25) is 0 Å². The summed E-state index contributed by atoms with van der Waals surface area (Å²) in [6, 6.07) is 3.77. The van der Waals surface area contributed by atoms with Crippen LogP contribution in [-0.2, 0) is 6.54 Å². The summed E-state index contributed by atoms with van der Waals surface area (Å²) in [5, 5.41) is 3.75. The predicted octanol–water partition coefficient (Wildman–Crippen LogP) is 3.25. The van der Waals surface area contributed by atoms with Crippen molar-refractivity contribution in [3.63, 3.8) is 0 Å². The van der Waals surface area contributed by atoms with Crippen molar-refractivity contribution in [2.45, 2.75) is 27.3 Å². The average molecular weight is 256 g/mol. The van der Waals surface area contributed by atoms with Gasteiger partial charge >= 0.3 is 0 Å². The van der Waals surface area contributed by atoms with Gasteiger partial charge < -0.3 is 5.32 Å². The number of aromatic nitrogens is 1. The SMILES string of the molecule is CNc1ccc(Cl)c(CN(C)CC(C)(C)C)n1. The molecule has 0 aliphatic carbocycles. The molecule has 1 N–H and O–H groups in total. The number of halogens is 1. The molecule has 0 radical (unpaired) electrons. The highest BCUT2D eigenvalue weighted by Crippen LogP contribution is 2.20. The standard InChI is InChI=1S/C13H22ClN3/c1-13(2,3)9-17(5)8-11-10(14)6-7-12(15-4)16-11/h6-7H,8-9H2,1-5H3,(H,15,16). The number of rotatable bonds is 4. The topological polar surface area (TPSA) is 28.2 Å². The second kappa shape index (κ2) is 5.69. The van der Waals surface area contributed by atoms with Crippen LogP contribution in [0.2, 0.25) is 5.02 Å². The molecule has 96 valence electrons. The van der Waals surface area contributed by atoms with E-state index in [2.05, 4.69) is 43.0 Å². The zero-order valence-electron chi connectivity index (χ0n) is 11.3. The summed E-state index contributed by atoms with van der Waals surface area (Å²) in [7, 11) is 3.95. The zero-order valence-corrected chi connectivity index (χ0v) is 12.1. The van der Waals surface area contributed by atoms with Crippen molar-refractivity contribution in [3.8, 4) is 0 Å². The number of hydrogen-bond acceptors (Lipinski definition) is 3. The Bertz CT molecular complexity index is 371. The summed E-state index contributed by atoms with van der Waals surface area (Å²) in [6.07, 6.45) is 0. The average Bonchev–Trinajstić information content (AvgIpc) is 2.18. The molecule has 0 spiro atoms. The molecule has 0 aliphatic heterocycles. The summed E-state index contributed by atoms with van der Waals surface area (Å²) in [6.45, 7) is 8.45. The van der Waals surface area contributed by atoms with Crippen LogP contribution in [0.15, 0.2) is 12.1 Å². The lowest BCUT2D eigenvalue weighted by Gasteiger charge is -2.26. The highest BCUT2D eigenvalue weighted by atomic mass is 35.5. The van der Waals surface area contributed by atoms with Gasteiger partial charge in [0.05, 0.1) is 10.7 Å². The van der Waals surface area contributed by atoms with Crippen LogP contribution in [0.4, 0.5) is 5.82 Å². The third-order valence-corrected chi connectivity index (χ3v) is 2.68. The third kappa shape index (κ3) is 4.92. The van der Waals surface area contributed by atoms with E-state index in [4.69, 9.17) is 11.6 Å². The molecular formula is C13H22ClN3. The molecule has 17 heavy (non-hydrogen) atoms. The van der Waals surface area contributed by atoms with Crippen molar-refractivity contribution in [2.75, 3.05) is 26.0 Å². The summed E-state index contributed by atoms with van der Waals surface area (Å²) >= 11 is 6.15. The monoisotopic (exact) mass is 255 g/mol. The quantitative estimate of drug-likeness (QED) is 0.895. The maximum atomic E-state index is 6.15. The van der Waals surface area contributed by atoms with Gasteiger partial charge in [0.25, 0.3) is 0 Å². The Balaban J connectivity index is 2.73. The van der Waals surface area contributed by atoms with E-state index in [9.17, 15) is 0 Å². The van der Waals surface area contributed by atoms with Crippen LogP contribution < -0.4 is 5.32 Å². The smallest absolute Gasteiger partial charge is 0.126 e. The van der Waals surface area contributed by atoms with Gasteiger partial charge in [0, 0.05) is 20.1 Å². The van der Waals surface area contributed by atoms with Crippen LogP contribution in [-0.4, -0.2) is 30.5 Å². The first-order valence-electron chi connectivity index (χ1n) is 5.83. The van der Waals surface area contributed by atoms with Crippen molar-refractivity contribution < 1.29 is 0 Å². The Morgan fingerprint density at radius 1 is 1.35 bits per heavy atom. The summed E-state index contributed by atoms with van der Waals surface area (Å²) in [5.41, 5.74) is 1.20. The van der Waals surface area contributed by atoms with Crippen molar-refractivity contribution in [3.05, 3.63) is 22.8 Å². The first kappa shape index (κ1) is 14.3. The Morgan fingerprint density at radius 2 is 2.00 bits per heavy atom. The minimum atomic E-state index is 0.280. The highest BCUT2D eigenvalue weighted by molar-refractivity contribution is 6.31. The Labute approximate surface area is 109 Å². The molecule has 0 aromatic carbocycles. The molecular weight excluding hydrogens is 234 g/mol. The number of anilines is 1. The number of nitrogens with zero attached hydrogens (tertiary/aromatic N) is 2. The van der Waals surface area contributed by atoms with E-state index in [-0.39, 0.29) is 5.41 Å². The van der Waals surface area contributed by atoms with Gasteiger partial charge in [-0.1, -0.05) is 32.4 Å². The molecule has 0 saturated heterocycles. The van der Waals surface area contributed by atoms with E-state index in [1.54, 1.807) is 0 Å². The molecule has 0 amide bonds. The van der Waals surface area contributed by atoms with Crippen molar-refractivity contribution in [1.82, 2.24) is 9.88 Å². The van der Waals surface area contributed by atoms with Crippen molar-refractivity contribution in [1.29, 1.82) is 0 Å². The van der Waals surface area contributed by atoms with E-state index in [0.29, 0.717) is 0 Å². The van der Waals surface area contributed by atoms with Crippen LogP contribution in [0.5, 0.6) is 0 Å². The van der Waals surface area contributed by atoms with Crippen molar-refractivity contribution >= 4 is 17.4 Å². The Hall–Kier alpha value is -0.800. The summed E-state index contributed by atoms with van der Waals surface area (Å²) in [5.74, 6) is 0.855. The molecule has 3 nitrogen and oxygen atoms in total. The van der Waals surface area contributed by atoms with Crippen LogP contribution in [0.1, 0.15) is 26.5 Å². The predicted molar refractivity (Wildman–Crippen MR) is 74.6 cm³/mol. The van der Waals surface area contributed by atoms with Crippen molar-refractivity contribution in [2.24, 2.45) is 5.41 Å². The minimum Gasteiger partial charge on any atom is -0.373 e. The number of nitrogens with one attached hydrogen (secondary N) is 1. The normalized spacial score (nSPS) is 11.9. The van der Waals surface area contributed by atoms with Gasteiger partial charge in [-0.15, -0.1) is 0 Å². The largest absolute Gasteiger partial charge is 0.373 e. The van der Waals surface area contributed by atoms with Gasteiger partial charge in [-0.2, -0.15) is 0 Å². The van der Waals surface area contributed by atoms with Gasteiger partial charge in [0.15, 0.2) is 0 Å². The maximum Gasteiger partial charge on any atom is 0.126 e. The second-order valence-electron chi connectivity index (χ2n) is 5.61. The first-order valence-corrected chi connectivity index (χ1v) is 6.21. The lowest BCUT2D eigenvalue weighted by Crippen LogP contribution is -2.29. The molecule has 0 saturated carbocycles. The van der Waals surface area contributed by atoms with E-state index in [0.717, 1.165) is 29.6 Å². The Morgan fingerprint density at radius 3 is 2.53 bits per heavy atom. The van der Waals surface area contributed by atoms with E-state index >= 15 is 0 Å². The maximum absolute atomic E-state index is 6.15. The van der Waals surface area contributed by atoms with Gasteiger partial charge in [-0.05, 0) is 24.6 Å². The lowest BCUT2D eigenvalue weighted by atomic mass is 9.96. The first-order chi connectivity index (χ1) is 7.81. The van der Waals surface area contributed by atoms with E-state index in [1.807, 2.05) is 19.2 Å². The number of hydrogen-bond donors (Lipinski definition) is 1.